The molecule has 2 rings (SSSR count). The van der Waals surface area contributed by atoms with Crippen LogP contribution >= 0.6 is 27.3 Å². The normalized spacial score (nSPS) is 12.4. The number of rotatable bonds is 6. The SMILES string of the molecule is CCCOc1cncc(C(NC)c2cc(C)c(Br)s2)c1. The van der Waals surface area contributed by atoms with E-state index >= 15 is 0 Å². The van der Waals surface area contributed by atoms with Gasteiger partial charge in [-0.05, 0) is 59.6 Å². The van der Waals surface area contributed by atoms with Gasteiger partial charge in [-0.3, -0.25) is 4.98 Å². The molecule has 3 nitrogen and oxygen atoms in total. The summed E-state index contributed by atoms with van der Waals surface area (Å²) in [5.74, 6) is 0.831. The third-order valence-electron chi connectivity index (χ3n) is 2.99. The number of nitrogens with one attached hydrogen (secondary N) is 1. The van der Waals surface area contributed by atoms with Crippen molar-refractivity contribution in [3.05, 3.63) is 44.3 Å². The van der Waals surface area contributed by atoms with Gasteiger partial charge in [0.2, 0.25) is 0 Å². The summed E-state index contributed by atoms with van der Waals surface area (Å²) in [5, 5.41) is 3.35. The highest BCUT2D eigenvalue weighted by molar-refractivity contribution is 9.11. The van der Waals surface area contributed by atoms with Gasteiger partial charge < -0.3 is 10.1 Å². The lowest BCUT2D eigenvalue weighted by Gasteiger charge is -2.15. The minimum atomic E-state index is 0.141. The van der Waals surface area contributed by atoms with Crippen molar-refractivity contribution in [1.82, 2.24) is 10.3 Å². The van der Waals surface area contributed by atoms with E-state index in [0.717, 1.165) is 24.3 Å². The van der Waals surface area contributed by atoms with Crippen molar-refractivity contribution in [2.75, 3.05) is 13.7 Å². The Morgan fingerprint density at radius 2 is 2.20 bits per heavy atom. The van der Waals surface area contributed by atoms with E-state index in [1.54, 1.807) is 17.5 Å². The molecule has 1 N–H and O–H groups in total. The molecular weight excluding hydrogens is 336 g/mol. The molecule has 2 heterocycles. The van der Waals surface area contributed by atoms with E-state index in [9.17, 15) is 0 Å². The van der Waals surface area contributed by atoms with Crippen molar-refractivity contribution in [2.45, 2.75) is 26.3 Å². The zero-order chi connectivity index (χ0) is 14.5. The standard InChI is InChI=1S/C15H19BrN2OS/c1-4-5-19-12-7-11(8-18-9-12)14(17-3)13-6-10(2)15(16)20-13/h6-9,14,17H,4-5H2,1-3H3. The predicted molar refractivity (Wildman–Crippen MR) is 87.7 cm³/mol. The minimum Gasteiger partial charge on any atom is -0.492 e. The molecule has 0 spiro atoms. The first-order valence-electron chi connectivity index (χ1n) is 6.66. The fraction of sp³-hybridized carbons (Fsp3) is 0.400. The summed E-state index contributed by atoms with van der Waals surface area (Å²) in [6.07, 6.45) is 4.65. The molecule has 0 aromatic carbocycles. The first kappa shape index (κ1) is 15.5. The molecule has 108 valence electrons. The Bertz CT molecular complexity index is 551. The van der Waals surface area contributed by atoms with Crippen molar-refractivity contribution in [3.8, 4) is 5.75 Å². The average Bonchev–Trinajstić information content (AvgIpc) is 2.77. The van der Waals surface area contributed by atoms with Gasteiger partial charge in [0, 0.05) is 11.1 Å². The zero-order valence-corrected chi connectivity index (χ0v) is 14.3. The molecule has 2 aromatic rings. The topological polar surface area (TPSA) is 34.1 Å². The van der Waals surface area contributed by atoms with Crippen LogP contribution in [0.25, 0.3) is 0 Å². The molecule has 1 unspecified atom stereocenters. The molecule has 0 amide bonds. The van der Waals surface area contributed by atoms with Crippen LogP contribution in [0, 0.1) is 6.92 Å². The first-order chi connectivity index (χ1) is 9.65. The Morgan fingerprint density at radius 1 is 1.40 bits per heavy atom. The van der Waals surface area contributed by atoms with E-state index in [1.165, 1.54) is 14.2 Å². The maximum Gasteiger partial charge on any atom is 0.137 e. The number of pyridine rings is 1. The summed E-state index contributed by atoms with van der Waals surface area (Å²) >= 11 is 5.34. The highest BCUT2D eigenvalue weighted by Gasteiger charge is 2.16. The molecule has 5 heteroatoms. The smallest absolute Gasteiger partial charge is 0.137 e. The lowest BCUT2D eigenvalue weighted by Crippen LogP contribution is -2.16. The molecule has 0 saturated heterocycles. The van der Waals surface area contributed by atoms with Crippen molar-refractivity contribution in [2.24, 2.45) is 0 Å². The van der Waals surface area contributed by atoms with Gasteiger partial charge in [-0.25, -0.2) is 0 Å². The predicted octanol–water partition coefficient (Wildman–Crippen LogP) is 4.31. The maximum absolute atomic E-state index is 5.66. The molecule has 0 bridgehead atoms. The molecule has 0 aliphatic carbocycles. The summed E-state index contributed by atoms with van der Waals surface area (Å²) in [5.41, 5.74) is 2.38. The lowest BCUT2D eigenvalue weighted by atomic mass is 10.1. The van der Waals surface area contributed by atoms with Crippen LogP contribution < -0.4 is 10.1 Å². The average molecular weight is 355 g/mol. The van der Waals surface area contributed by atoms with Crippen molar-refractivity contribution in [3.63, 3.8) is 0 Å². The summed E-state index contributed by atoms with van der Waals surface area (Å²) in [6.45, 7) is 4.93. The number of halogens is 1. The van der Waals surface area contributed by atoms with Gasteiger partial charge in [-0.15, -0.1) is 11.3 Å². The van der Waals surface area contributed by atoms with Crippen LogP contribution in [0.5, 0.6) is 5.75 Å². The van der Waals surface area contributed by atoms with E-state index in [4.69, 9.17) is 4.74 Å². The van der Waals surface area contributed by atoms with Crippen LogP contribution in [0.3, 0.4) is 0 Å². The van der Waals surface area contributed by atoms with Gasteiger partial charge in [0.15, 0.2) is 0 Å². The summed E-state index contributed by atoms with van der Waals surface area (Å²) < 4.78 is 6.84. The summed E-state index contributed by atoms with van der Waals surface area (Å²) in [4.78, 5) is 5.56. The van der Waals surface area contributed by atoms with Crippen molar-refractivity contribution >= 4 is 27.3 Å². The van der Waals surface area contributed by atoms with Crippen LogP contribution in [0.4, 0.5) is 0 Å². The lowest BCUT2D eigenvalue weighted by molar-refractivity contribution is 0.315. The summed E-state index contributed by atoms with van der Waals surface area (Å²) in [7, 11) is 1.97. The van der Waals surface area contributed by atoms with Crippen LogP contribution in [-0.2, 0) is 0 Å². The first-order valence-corrected chi connectivity index (χ1v) is 8.27. The monoisotopic (exact) mass is 354 g/mol. The second-order valence-corrected chi connectivity index (χ2v) is 7.03. The van der Waals surface area contributed by atoms with E-state index in [-0.39, 0.29) is 6.04 Å². The summed E-state index contributed by atoms with van der Waals surface area (Å²) in [6, 6.07) is 4.41. The Kier molecular flexibility index (Phi) is 5.57. The fourth-order valence-corrected chi connectivity index (χ4v) is 3.70. The number of aromatic nitrogens is 1. The van der Waals surface area contributed by atoms with E-state index < -0.39 is 0 Å². The molecule has 0 aliphatic heterocycles. The maximum atomic E-state index is 5.66. The number of thiophene rings is 1. The molecule has 0 radical (unpaired) electrons. The van der Waals surface area contributed by atoms with Crippen molar-refractivity contribution < 1.29 is 4.74 Å². The molecule has 2 aromatic heterocycles. The van der Waals surface area contributed by atoms with E-state index in [0.29, 0.717) is 0 Å². The van der Waals surface area contributed by atoms with E-state index in [2.05, 4.69) is 52.2 Å². The quantitative estimate of drug-likeness (QED) is 0.838. The van der Waals surface area contributed by atoms with Gasteiger partial charge in [-0.1, -0.05) is 6.92 Å². The van der Waals surface area contributed by atoms with Crippen LogP contribution in [0.15, 0.2) is 28.3 Å². The second kappa shape index (κ2) is 7.20. The number of hydrogen-bond acceptors (Lipinski definition) is 4. The van der Waals surface area contributed by atoms with Crippen LogP contribution in [0.2, 0.25) is 0 Å². The van der Waals surface area contributed by atoms with E-state index in [1.807, 2.05) is 13.2 Å². The second-order valence-electron chi connectivity index (χ2n) is 4.63. The molecule has 0 fully saturated rings. The number of nitrogens with zero attached hydrogens (tertiary/aromatic N) is 1. The van der Waals surface area contributed by atoms with Gasteiger partial charge in [-0.2, -0.15) is 0 Å². The number of ether oxygens (including phenoxy) is 1. The molecular formula is C15H19BrN2OS. The highest BCUT2D eigenvalue weighted by Crippen LogP contribution is 2.34. The molecule has 0 saturated carbocycles. The van der Waals surface area contributed by atoms with Gasteiger partial charge in [0.05, 0.1) is 22.6 Å². The van der Waals surface area contributed by atoms with Crippen LogP contribution in [-0.4, -0.2) is 18.6 Å². The Hall–Kier alpha value is -0.910. The third-order valence-corrected chi connectivity index (χ3v) is 5.19. The Balaban J connectivity index is 2.27. The fourth-order valence-electron chi connectivity index (χ4n) is 1.99. The Labute approximate surface area is 132 Å². The number of aryl methyl sites for hydroxylation is 1. The number of hydrogen-bond donors (Lipinski definition) is 1. The van der Waals surface area contributed by atoms with Gasteiger partial charge in [0.25, 0.3) is 0 Å². The Morgan fingerprint density at radius 3 is 2.80 bits per heavy atom. The van der Waals surface area contributed by atoms with Gasteiger partial charge in [0.1, 0.15) is 5.75 Å². The third kappa shape index (κ3) is 3.59. The minimum absolute atomic E-state index is 0.141. The van der Waals surface area contributed by atoms with Crippen molar-refractivity contribution in [1.29, 1.82) is 0 Å². The molecule has 1 atom stereocenters. The molecule has 20 heavy (non-hydrogen) atoms. The zero-order valence-electron chi connectivity index (χ0n) is 11.9. The highest BCUT2D eigenvalue weighted by atomic mass is 79.9. The molecule has 0 aliphatic rings. The van der Waals surface area contributed by atoms with Gasteiger partial charge >= 0.3 is 0 Å². The van der Waals surface area contributed by atoms with Crippen LogP contribution in [0.1, 0.15) is 35.4 Å². The largest absolute Gasteiger partial charge is 0.492 e.